The Kier molecular flexibility index (Phi) is 6.14. The molecule has 3 rings (SSSR count). The molecule has 0 aliphatic rings. The summed E-state index contributed by atoms with van der Waals surface area (Å²) in [5.74, 6) is -1.85. The number of aliphatic hydroxyl groups is 1. The lowest BCUT2D eigenvalue weighted by Crippen LogP contribution is -2.50. The average Bonchev–Trinajstić information content (AvgIpc) is 3.10. The summed E-state index contributed by atoms with van der Waals surface area (Å²) in [6, 6.07) is 9.73. The van der Waals surface area contributed by atoms with Crippen LogP contribution in [-0.4, -0.2) is 34.9 Å². The number of rotatable bonds is 5. The van der Waals surface area contributed by atoms with Gasteiger partial charge in [-0.05, 0) is 43.3 Å². The lowest BCUT2D eigenvalue weighted by molar-refractivity contribution is -0.267. The number of anilines is 2. The van der Waals surface area contributed by atoms with E-state index in [4.69, 9.17) is 11.6 Å². The van der Waals surface area contributed by atoms with Crippen molar-refractivity contribution in [3.63, 3.8) is 0 Å². The van der Waals surface area contributed by atoms with Gasteiger partial charge in [-0.15, -0.1) is 0 Å². The first-order valence-electron chi connectivity index (χ1n) is 8.97. The predicted octanol–water partition coefficient (Wildman–Crippen LogP) is 4.78. The normalized spacial score (nSPS) is 13.5. The third-order valence-electron chi connectivity index (χ3n) is 4.39. The molecule has 3 aromatic rings. The molecule has 0 spiro atoms. The number of esters is 1. The maximum Gasteiger partial charge on any atom is 0.432 e. The van der Waals surface area contributed by atoms with Crippen molar-refractivity contribution in [2.45, 2.75) is 18.7 Å². The van der Waals surface area contributed by atoms with Gasteiger partial charge in [-0.3, -0.25) is 0 Å². The molecular weight excluding hydrogens is 439 g/mol. The Morgan fingerprint density at radius 2 is 1.81 bits per heavy atom. The highest BCUT2D eigenvalue weighted by atomic mass is 35.5. The molecule has 2 aromatic carbocycles. The fourth-order valence-corrected chi connectivity index (χ4v) is 3.16. The number of halogens is 4. The zero-order valence-electron chi connectivity index (χ0n) is 16.0. The van der Waals surface area contributed by atoms with Crippen LogP contribution in [0.3, 0.4) is 0 Å². The molecule has 0 bridgehead atoms. The minimum Gasteiger partial charge on any atom is -0.463 e. The highest BCUT2D eigenvalue weighted by molar-refractivity contribution is 6.30. The first kappa shape index (κ1) is 22.4. The number of fused-ring (bicyclic) bond motifs is 1. The van der Waals surface area contributed by atoms with E-state index in [2.05, 4.69) is 20.4 Å². The largest absolute Gasteiger partial charge is 0.463 e. The number of hydrogen-bond acceptors (Lipinski definition) is 4. The number of aromatic amines is 1. The van der Waals surface area contributed by atoms with E-state index in [9.17, 15) is 27.9 Å². The molecule has 31 heavy (non-hydrogen) atoms. The average molecular weight is 456 g/mol. The van der Waals surface area contributed by atoms with Crippen molar-refractivity contribution in [1.82, 2.24) is 4.98 Å². The summed E-state index contributed by atoms with van der Waals surface area (Å²) < 4.78 is 45.6. The third-order valence-corrected chi connectivity index (χ3v) is 4.63. The van der Waals surface area contributed by atoms with Crippen LogP contribution >= 0.6 is 11.6 Å². The number of amides is 2. The summed E-state index contributed by atoms with van der Waals surface area (Å²) in [7, 11) is 0. The number of nitrogens with one attached hydrogen (secondary N) is 3. The maximum absolute atomic E-state index is 13.7. The predicted molar refractivity (Wildman–Crippen MR) is 109 cm³/mol. The quantitative estimate of drug-likeness (QED) is 0.416. The van der Waals surface area contributed by atoms with E-state index >= 15 is 0 Å². The number of hydrogen-bond donors (Lipinski definition) is 4. The first-order valence-corrected chi connectivity index (χ1v) is 9.35. The van der Waals surface area contributed by atoms with Crippen molar-refractivity contribution in [2.75, 3.05) is 17.2 Å². The SMILES string of the molecule is CCOC(=O)C(O)(c1c[nH]c2ccc(NC(=O)Nc3cccc(Cl)c3)cc12)C(F)(F)F. The van der Waals surface area contributed by atoms with Gasteiger partial charge in [0.15, 0.2) is 0 Å². The molecule has 2 amide bonds. The lowest BCUT2D eigenvalue weighted by Gasteiger charge is -2.27. The first-order chi connectivity index (χ1) is 14.6. The number of carbonyl (C=O) groups excluding carboxylic acids is 2. The summed E-state index contributed by atoms with van der Waals surface area (Å²) in [4.78, 5) is 26.9. The summed E-state index contributed by atoms with van der Waals surface area (Å²) in [5, 5.41) is 15.7. The number of urea groups is 1. The molecule has 0 saturated carbocycles. The topological polar surface area (TPSA) is 103 Å². The van der Waals surface area contributed by atoms with Gasteiger partial charge in [-0.1, -0.05) is 17.7 Å². The van der Waals surface area contributed by atoms with Crippen LogP contribution in [-0.2, 0) is 15.1 Å². The number of ether oxygens (including phenoxy) is 1. The molecule has 1 heterocycles. The lowest BCUT2D eigenvalue weighted by atomic mass is 9.92. The van der Waals surface area contributed by atoms with Crippen LogP contribution in [0.2, 0.25) is 5.02 Å². The molecule has 4 N–H and O–H groups in total. The fraction of sp³-hybridized carbons (Fsp3) is 0.200. The molecule has 0 aliphatic heterocycles. The van der Waals surface area contributed by atoms with Crippen molar-refractivity contribution >= 4 is 45.9 Å². The van der Waals surface area contributed by atoms with Crippen LogP contribution in [0.4, 0.5) is 29.3 Å². The Labute approximate surface area is 179 Å². The molecule has 0 saturated heterocycles. The summed E-state index contributed by atoms with van der Waals surface area (Å²) in [6.07, 6.45) is -4.47. The van der Waals surface area contributed by atoms with E-state index in [1.165, 1.54) is 31.2 Å². The van der Waals surface area contributed by atoms with Crippen LogP contribution in [0.5, 0.6) is 0 Å². The highest BCUT2D eigenvalue weighted by Crippen LogP contribution is 2.43. The molecular formula is C20H17ClF3N3O4. The molecule has 1 atom stereocenters. The number of H-pyrrole nitrogens is 1. The molecule has 1 unspecified atom stereocenters. The van der Waals surface area contributed by atoms with E-state index in [-0.39, 0.29) is 23.2 Å². The van der Waals surface area contributed by atoms with Gasteiger partial charge in [-0.2, -0.15) is 13.2 Å². The van der Waals surface area contributed by atoms with Gasteiger partial charge in [0.05, 0.1) is 6.61 Å². The minimum atomic E-state index is -5.35. The van der Waals surface area contributed by atoms with Crippen LogP contribution in [0.1, 0.15) is 12.5 Å². The Morgan fingerprint density at radius 3 is 2.42 bits per heavy atom. The molecule has 0 fully saturated rings. The van der Waals surface area contributed by atoms with Gasteiger partial charge in [0, 0.05) is 39.1 Å². The monoisotopic (exact) mass is 455 g/mol. The van der Waals surface area contributed by atoms with Crippen LogP contribution in [0.25, 0.3) is 10.9 Å². The third kappa shape index (κ3) is 4.44. The zero-order chi connectivity index (χ0) is 22.8. The van der Waals surface area contributed by atoms with Crippen LogP contribution in [0.15, 0.2) is 48.7 Å². The standard InChI is InChI=1S/C20H17ClF3N3O4/c1-2-31-17(28)19(30,20(22,23)24)15-10-25-16-7-6-13(9-14(15)16)27-18(29)26-12-5-3-4-11(21)8-12/h3-10,25,30H,2H2,1H3,(H2,26,27,29). The summed E-state index contributed by atoms with van der Waals surface area (Å²) in [5.41, 5.74) is -3.89. The minimum absolute atomic E-state index is 0.117. The van der Waals surface area contributed by atoms with Crippen molar-refractivity contribution in [3.05, 3.63) is 59.2 Å². The van der Waals surface area contributed by atoms with Crippen molar-refractivity contribution < 1.29 is 32.6 Å². The number of aromatic nitrogens is 1. The van der Waals surface area contributed by atoms with E-state index in [0.717, 1.165) is 6.20 Å². The molecule has 0 radical (unpaired) electrons. The van der Waals surface area contributed by atoms with E-state index < -0.39 is 29.3 Å². The van der Waals surface area contributed by atoms with Crippen LogP contribution < -0.4 is 10.6 Å². The Balaban J connectivity index is 1.94. The molecule has 164 valence electrons. The van der Waals surface area contributed by atoms with Gasteiger partial charge in [-0.25, -0.2) is 9.59 Å². The van der Waals surface area contributed by atoms with Crippen molar-refractivity contribution in [1.29, 1.82) is 0 Å². The second kappa shape index (κ2) is 8.48. The van der Waals surface area contributed by atoms with Crippen molar-refractivity contribution in [2.24, 2.45) is 0 Å². The van der Waals surface area contributed by atoms with Gasteiger partial charge in [0.1, 0.15) is 0 Å². The smallest absolute Gasteiger partial charge is 0.432 e. The number of alkyl halides is 3. The molecule has 1 aromatic heterocycles. The summed E-state index contributed by atoms with van der Waals surface area (Å²) in [6.45, 7) is 0.973. The summed E-state index contributed by atoms with van der Waals surface area (Å²) >= 11 is 5.86. The van der Waals surface area contributed by atoms with Crippen LogP contribution in [0, 0.1) is 0 Å². The van der Waals surface area contributed by atoms with Gasteiger partial charge in [0.2, 0.25) is 0 Å². The highest BCUT2D eigenvalue weighted by Gasteiger charge is 2.63. The fourth-order valence-electron chi connectivity index (χ4n) is 2.97. The Hall–Kier alpha value is -3.24. The number of carbonyl (C=O) groups is 2. The van der Waals surface area contributed by atoms with E-state index in [1.807, 2.05) is 0 Å². The van der Waals surface area contributed by atoms with E-state index in [0.29, 0.717) is 10.7 Å². The Bertz CT molecular complexity index is 1130. The Morgan fingerprint density at radius 1 is 1.13 bits per heavy atom. The van der Waals surface area contributed by atoms with Gasteiger partial charge >= 0.3 is 18.2 Å². The molecule has 0 aliphatic carbocycles. The van der Waals surface area contributed by atoms with Crippen molar-refractivity contribution in [3.8, 4) is 0 Å². The second-order valence-corrected chi connectivity index (χ2v) is 6.92. The van der Waals surface area contributed by atoms with Gasteiger partial charge in [0.25, 0.3) is 5.60 Å². The zero-order valence-corrected chi connectivity index (χ0v) is 16.8. The molecule has 11 heteroatoms. The van der Waals surface area contributed by atoms with Gasteiger partial charge < -0.3 is 25.5 Å². The molecule has 7 nitrogen and oxygen atoms in total. The maximum atomic E-state index is 13.7. The number of benzene rings is 2. The van der Waals surface area contributed by atoms with E-state index in [1.54, 1.807) is 18.2 Å². The second-order valence-electron chi connectivity index (χ2n) is 6.48.